The number of thioether (sulfide) groups is 1. The maximum Gasteiger partial charge on any atom is 0.186 e. The Morgan fingerprint density at radius 3 is 2.32 bits per heavy atom. The zero-order chi connectivity index (χ0) is 13.7. The third-order valence-corrected chi connectivity index (χ3v) is 3.96. The van der Waals surface area contributed by atoms with E-state index < -0.39 is 0 Å². The molecule has 0 saturated heterocycles. The van der Waals surface area contributed by atoms with Crippen LogP contribution in [0.1, 0.15) is 10.4 Å². The van der Waals surface area contributed by atoms with Crippen LogP contribution in [-0.2, 0) is 0 Å². The lowest BCUT2D eigenvalue weighted by Gasteiger charge is -1.97. The maximum atomic E-state index is 11.9. The topological polar surface area (TPSA) is 17.1 Å². The van der Waals surface area contributed by atoms with Gasteiger partial charge in [0, 0.05) is 20.0 Å². The molecule has 0 aliphatic heterocycles. The van der Waals surface area contributed by atoms with Crippen molar-refractivity contribution in [1.29, 1.82) is 0 Å². The molecule has 2 aromatic carbocycles. The lowest BCUT2D eigenvalue weighted by molar-refractivity contribution is 0.104. The summed E-state index contributed by atoms with van der Waals surface area (Å²) in [5.74, 6) is -0.00559. The molecule has 0 radical (unpaired) electrons. The lowest BCUT2D eigenvalue weighted by Crippen LogP contribution is -1.92. The van der Waals surface area contributed by atoms with Crippen molar-refractivity contribution in [3.8, 4) is 0 Å². The highest BCUT2D eigenvalue weighted by Crippen LogP contribution is 2.21. The van der Waals surface area contributed by atoms with Crippen LogP contribution < -0.4 is 0 Å². The third kappa shape index (κ3) is 4.53. The Morgan fingerprint density at radius 2 is 1.68 bits per heavy atom. The Morgan fingerprint density at radius 1 is 1.05 bits per heavy atom. The highest BCUT2D eigenvalue weighted by Gasteiger charge is 2.00. The van der Waals surface area contributed by atoms with Gasteiger partial charge in [0.1, 0.15) is 0 Å². The molecule has 0 atom stereocenters. The molecule has 2 aromatic rings. The molecule has 0 aliphatic carbocycles. The second kappa shape index (κ2) is 6.94. The van der Waals surface area contributed by atoms with E-state index >= 15 is 0 Å². The van der Waals surface area contributed by atoms with Crippen LogP contribution in [0.5, 0.6) is 0 Å². The fourth-order valence-electron chi connectivity index (χ4n) is 1.40. The molecule has 96 valence electrons. The van der Waals surface area contributed by atoms with Gasteiger partial charge in [-0.05, 0) is 60.0 Å². The first-order valence-electron chi connectivity index (χ1n) is 5.54. The van der Waals surface area contributed by atoms with Crippen molar-refractivity contribution < 1.29 is 4.79 Å². The highest BCUT2D eigenvalue weighted by molar-refractivity contribution is 9.10. The summed E-state index contributed by atoms with van der Waals surface area (Å²) >= 11 is 10.6. The molecule has 0 unspecified atom stereocenters. The smallest absolute Gasteiger partial charge is 0.186 e. The summed E-state index contributed by atoms with van der Waals surface area (Å²) in [6, 6.07) is 14.8. The molecular formula is C15H10BrClOS. The fraction of sp³-hybridized carbons (Fsp3) is 0. The molecule has 0 aromatic heterocycles. The zero-order valence-corrected chi connectivity index (χ0v) is 13.0. The molecule has 0 bridgehead atoms. The molecule has 0 fully saturated rings. The van der Waals surface area contributed by atoms with E-state index in [9.17, 15) is 4.79 Å². The first-order valence-corrected chi connectivity index (χ1v) is 7.59. The number of hydrogen-bond donors (Lipinski definition) is 0. The number of ketones is 1. The predicted molar refractivity (Wildman–Crippen MR) is 84.9 cm³/mol. The fourth-order valence-corrected chi connectivity index (χ4v) is 2.43. The average molecular weight is 354 g/mol. The second-order valence-corrected chi connectivity index (χ2v) is 6.08. The molecule has 1 nitrogen and oxygen atoms in total. The number of carbonyl (C=O) groups is 1. The summed E-state index contributed by atoms with van der Waals surface area (Å²) in [7, 11) is 0. The summed E-state index contributed by atoms with van der Waals surface area (Å²) in [5.41, 5.74) is 0.677. The van der Waals surface area contributed by atoms with Crippen molar-refractivity contribution in [2.75, 3.05) is 0 Å². The number of rotatable bonds is 4. The van der Waals surface area contributed by atoms with Gasteiger partial charge in [0.15, 0.2) is 5.78 Å². The molecule has 0 saturated carbocycles. The minimum absolute atomic E-state index is 0.00559. The van der Waals surface area contributed by atoms with Gasteiger partial charge in [-0.2, -0.15) is 0 Å². The molecule has 19 heavy (non-hydrogen) atoms. The van der Waals surface area contributed by atoms with E-state index in [4.69, 9.17) is 11.6 Å². The van der Waals surface area contributed by atoms with E-state index in [0.29, 0.717) is 10.6 Å². The van der Waals surface area contributed by atoms with Crippen LogP contribution >= 0.6 is 39.3 Å². The number of benzene rings is 2. The summed E-state index contributed by atoms with van der Waals surface area (Å²) in [5, 5.41) is 2.49. The van der Waals surface area contributed by atoms with Crippen LogP contribution in [0, 0.1) is 0 Å². The van der Waals surface area contributed by atoms with E-state index in [2.05, 4.69) is 15.9 Å². The zero-order valence-electron chi connectivity index (χ0n) is 9.85. The summed E-state index contributed by atoms with van der Waals surface area (Å²) in [6.07, 6.45) is 1.57. The number of halogens is 2. The standard InChI is InChI=1S/C15H10BrClOS/c16-12-3-1-11(2-4-12)15(18)9-10-19-14-7-5-13(17)6-8-14/h1-10H. The number of allylic oxidation sites excluding steroid dienone is 1. The van der Waals surface area contributed by atoms with Gasteiger partial charge in [0.2, 0.25) is 0 Å². The predicted octanol–water partition coefficient (Wildman–Crippen LogP) is 5.59. The van der Waals surface area contributed by atoms with Gasteiger partial charge in [0.05, 0.1) is 0 Å². The second-order valence-electron chi connectivity index (χ2n) is 3.75. The highest BCUT2D eigenvalue weighted by atomic mass is 79.9. The minimum atomic E-state index is -0.00559. The molecule has 0 heterocycles. The molecule has 0 amide bonds. The minimum Gasteiger partial charge on any atom is -0.289 e. The Bertz CT molecular complexity index is 591. The van der Waals surface area contributed by atoms with Gasteiger partial charge in [-0.1, -0.05) is 39.3 Å². The lowest BCUT2D eigenvalue weighted by atomic mass is 10.1. The van der Waals surface area contributed by atoms with E-state index in [0.717, 1.165) is 9.37 Å². The molecule has 2 rings (SSSR count). The van der Waals surface area contributed by atoms with Gasteiger partial charge in [-0.25, -0.2) is 0 Å². The third-order valence-electron chi connectivity index (χ3n) is 2.37. The van der Waals surface area contributed by atoms with Crippen molar-refractivity contribution >= 4 is 45.1 Å². The largest absolute Gasteiger partial charge is 0.289 e. The van der Waals surface area contributed by atoms with E-state index in [1.54, 1.807) is 23.6 Å². The van der Waals surface area contributed by atoms with Gasteiger partial charge in [-0.15, -0.1) is 0 Å². The van der Waals surface area contributed by atoms with Crippen LogP contribution in [0.3, 0.4) is 0 Å². The van der Waals surface area contributed by atoms with Crippen molar-refractivity contribution in [2.45, 2.75) is 4.90 Å². The van der Waals surface area contributed by atoms with Crippen molar-refractivity contribution in [2.24, 2.45) is 0 Å². The molecule has 0 N–H and O–H groups in total. The van der Waals surface area contributed by atoms with E-state index in [1.807, 2.05) is 36.4 Å². The molecule has 0 aliphatic rings. The van der Waals surface area contributed by atoms with Crippen molar-refractivity contribution in [1.82, 2.24) is 0 Å². The summed E-state index contributed by atoms with van der Waals surface area (Å²) < 4.78 is 0.962. The van der Waals surface area contributed by atoms with Crippen LogP contribution in [0.4, 0.5) is 0 Å². The van der Waals surface area contributed by atoms with Gasteiger partial charge in [0.25, 0.3) is 0 Å². The maximum absolute atomic E-state index is 11.9. The normalized spacial score (nSPS) is 10.8. The number of carbonyl (C=O) groups excluding carboxylic acids is 1. The molecule has 0 spiro atoms. The van der Waals surface area contributed by atoms with Crippen LogP contribution in [-0.4, -0.2) is 5.78 Å². The Hall–Kier alpha value is -1.03. The molecule has 4 heteroatoms. The summed E-state index contributed by atoms with van der Waals surface area (Å²) in [4.78, 5) is 12.9. The Kier molecular flexibility index (Phi) is 5.25. The van der Waals surface area contributed by atoms with E-state index in [1.165, 1.54) is 11.8 Å². The Balaban J connectivity index is 1.97. The van der Waals surface area contributed by atoms with Gasteiger partial charge < -0.3 is 0 Å². The molecular weight excluding hydrogens is 344 g/mol. The quantitative estimate of drug-likeness (QED) is 0.405. The monoisotopic (exact) mass is 352 g/mol. The first kappa shape index (κ1) is 14.4. The first-order chi connectivity index (χ1) is 9.15. The van der Waals surface area contributed by atoms with Gasteiger partial charge >= 0.3 is 0 Å². The Labute approximate surface area is 129 Å². The van der Waals surface area contributed by atoms with Crippen molar-refractivity contribution in [3.63, 3.8) is 0 Å². The van der Waals surface area contributed by atoms with Crippen LogP contribution in [0.2, 0.25) is 5.02 Å². The van der Waals surface area contributed by atoms with Crippen molar-refractivity contribution in [3.05, 3.63) is 75.1 Å². The van der Waals surface area contributed by atoms with Gasteiger partial charge in [-0.3, -0.25) is 4.79 Å². The average Bonchev–Trinajstić information content (AvgIpc) is 2.41. The van der Waals surface area contributed by atoms with E-state index in [-0.39, 0.29) is 5.78 Å². The van der Waals surface area contributed by atoms with Crippen LogP contribution in [0.25, 0.3) is 0 Å². The number of hydrogen-bond acceptors (Lipinski definition) is 2. The SMILES string of the molecule is O=C(C=CSc1ccc(Cl)cc1)c1ccc(Br)cc1. The van der Waals surface area contributed by atoms with Crippen LogP contribution in [0.15, 0.2) is 69.4 Å². The summed E-state index contributed by atoms with van der Waals surface area (Å²) in [6.45, 7) is 0.